The molecule has 1 saturated heterocycles. The van der Waals surface area contributed by atoms with Gasteiger partial charge in [0.2, 0.25) is 5.91 Å². The summed E-state index contributed by atoms with van der Waals surface area (Å²) in [6.07, 6.45) is 5.34. The lowest BCUT2D eigenvalue weighted by Gasteiger charge is -2.43. The molecule has 2 aliphatic rings. The van der Waals surface area contributed by atoms with Crippen LogP contribution in [-0.2, 0) is 4.79 Å². The Morgan fingerprint density at radius 1 is 1.20 bits per heavy atom. The Hall–Kier alpha value is -0.610. The average Bonchev–Trinajstić information content (AvgIpc) is 2.63. The maximum Gasteiger partial charge on any atom is 0.237 e. The molecule has 2 unspecified atom stereocenters. The largest absolute Gasteiger partial charge is 0.368 e. The standard InChI is InChI=1S/C16H31N3O/c1-15(2,3)13-5-4-7-16(8-6-13,14(17)20)19-11-9-18-10-12-19/h13,18H,4-12H2,1-3H3,(H2,17,20). The molecule has 2 atom stereocenters. The number of nitrogens with two attached hydrogens (primary N) is 1. The second-order valence-electron chi connectivity index (χ2n) is 7.63. The summed E-state index contributed by atoms with van der Waals surface area (Å²) in [5, 5.41) is 3.36. The fourth-order valence-corrected chi connectivity index (χ4v) is 4.00. The smallest absolute Gasteiger partial charge is 0.237 e. The highest BCUT2D eigenvalue weighted by Crippen LogP contribution is 2.41. The van der Waals surface area contributed by atoms with Crippen LogP contribution < -0.4 is 11.1 Å². The van der Waals surface area contributed by atoms with Gasteiger partial charge in [0.15, 0.2) is 0 Å². The van der Waals surface area contributed by atoms with Crippen molar-refractivity contribution in [2.75, 3.05) is 26.2 Å². The van der Waals surface area contributed by atoms with E-state index in [0.29, 0.717) is 11.3 Å². The predicted octanol–water partition coefficient (Wildman–Crippen LogP) is 1.74. The third kappa shape index (κ3) is 3.17. The number of carbonyl (C=O) groups excluding carboxylic acids is 1. The zero-order valence-electron chi connectivity index (χ0n) is 13.4. The van der Waals surface area contributed by atoms with E-state index in [1.54, 1.807) is 0 Å². The first-order valence-electron chi connectivity index (χ1n) is 8.12. The molecule has 20 heavy (non-hydrogen) atoms. The van der Waals surface area contributed by atoms with Gasteiger partial charge in [-0.1, -0.05) is 27.2 Å². The minimum Gasteiger partial charge on any atom is -0.368 e. The van der Waals surface area contributed by atoms with Crippen LogP contribution in [0.2, 0.25) is 0 Å². The van der Waals surface area contributed by atoms with E-state index in [0.717, 1.165) is 51.9 Å². The van der Waals surface area contributed by atoms with Crippen molar-refractivity contribution in [1.29, 1.82) is 0 Å². The van der Waals surface area contributed by atoms with Crippen LogP contribution in [0.15, 0.2) is 0 Å². The number of nitrogens with one attached hydrogen (secondary N) is 1. The minimum absolute atomic E-state index is 0.103. The third-order valence-corrected chi connectivity index (χ3v) is 5.46. The van der Waals surface area contributed by atoms with Gasteiger partial charge in [0, 0.05) is 26.2 Å². The Labute approximate surface area is 123 Å². The third-order valence-electron chi connectivity index (χ3n) is 5.46. The van der Waals surface area contributed by atoms with E-state index >= 15 is 0 Å². The van der Waals surface area contributed by atoms with Gasteiger partial charge in [-0.05, 0) is 37.0 Å². The first-order chi connectivity index (χ1) is 9.36. The summed E-state index contributed by atoms with van der Waals surface area (Å²) in [7, 11) is 0. The lowest BCUT2D eigenvalue weighted by atomic mass is 9.76. The van der Waals surface area contributed by atoms with Crippen molar-refractivity contribution >= 4 is 5.91 Å². The van der Waals surface area contributed by atoms with E-state index in [2.05, 4.69) is 31.0 Å². The van der Waals surface area contributed by atoms with Crippen LogP contribution in [0.3, 0.4) is 0 Å². The van der Waals surface area contributed by atoms with Gasteiger partial charge in [-0.15, -0.1) is 0 Å². The second-order valence-corrected chi connectivity index (χ2v) is 7.63. The van der Waals surface area contributed by atoms with Crippen LogP contribution in [0.25, 0.3) is 0 Å². The van der Waals surface area contributed by atoms with Crippen LogP contribution >= 0.6 is 0 Å². The van der Waals surface area contributed by atoms with Gasteiger partial charge >= 0.3 is 0 Å². The fourth-order valence-electron chi connectivity index (χ4n) is 4.00. The Kier molecular flexibility index (Phi) is 4.75. The number of hydrogen-bond acceptors (Lipinski definition) is 3. The second kappa shape index (κ2) is 6.02. The molecule has 1 aliphatic heterocycles. The van der Waals surface area contributed by atoms with E-state index in [9.17, 15) is 4.79 Å². The highest BCUT2D eigenvalue weighted by molar-refractivity contribution is 5.84. The van der Waals surface area contributed by atoms with Crippen LogP contribution in [0.5, 0.6) is 0 Å². The number of nitrogens with zero attached hydrogens (tertiary/aromatic N) is 1. The topological polar surface area (TPSA) is 58.4 Å². The molecule has 2 rings (SSSR count). The van der Waals surface area contributed by atoms with E-state index in [1.807, 2.05) is 0 Å². The Bertz CT molecular complexity index is 344. The van der Waals surface area contributed by atoms with Gasteiger partial charge in [0.1, 0.15) is 5.54 Å². The molecular formula is C16H31N3O. The maximum absolute atomic E-state index is 12.2. The molecule has 4 heteroatoms. The summed E-state index contributed by atoms with van der Waals surface area (Å²) in [6, 6.07) is 0. The number of carbonyl (C=O) groups is 1. The highest BCUT2D eigenvalue weighted by Gasteiger charge is 2.44. The van der Waals surface area contributed by atoms with E-state index in [1.165, 1.54) is 6.42 Å². The van der Waals surface area contributed by atoms with Gasteiger partial charge in [-0.2, -0.15) is 0 Å². The molecule has 0 aromatic rings. The van der Waals surface area contributed by atoms with E-state index < -0.39 is 0 Å². The van der Waals surface area contributed by atoms with Gasteiger partial charge in [-0.3, -0.25) is 9.69 Å². The van der Waals surface area contributed by atoms with Crippen LogP contribution in [0.4, 0.5) is 0 Å². The molecule has 1 aliphatic carbocycles. The van der Waals surface area contributed by atoms with Crippen molar-refractivity contribution in [3.8, 4) is 0 Å². The molecule has 2 fully saturated rings. The van der Waals surface area contributed by atoms with Gasteiger partial charge in [-0.25, -0.2) is 0 Å². The zero-order valence-corrected chi connectivity index (χ0v) is 13.4. The summed E-state index contributed by atoms with van der Waals surface area (Å²) < 4.78 is 0. The molecule has 0 radical (unpaired) electrons. The first-order valence-corrected chi connectivity index (χ1v) is 8.12. The SMILES string of the molecule is CC(C)(C)C1CCCC(C(N)=O)(N2CCNCC2)CC1. The number of hydrogen-bond donors (Lipinski definition) is 2. The van der Waals surface area contributed by atoms with Crippen LogP contribution in [0.1, 0.15) is 52.9 Å². The van der Waals surface area contributed by atoms with Crippen LogP contribution in [0, 0.1) is 11.3 Å². The molecule has 0 bridgehead atoms. The summed E-state index contributed by atoms with van der Waals surface area (Å²) in [6.45, 7) is 10.8. The monoisotopic (exact) mass is 281 g/mol. The van der Waals surface area contributed by atoms with Crippen molar-refractivity contribution < 1.29 is 4.79 Å². The van der Waals surface area contributed by atoms with Crippen LogP contribution in [-0.4, -0.2) is 42.5 Å². The van der Waals surface area contributed by atoms with Crippen molar-refractivity contribution in [2.24, 2.45) is 17.1 Å². The van der Waals surface area contributed by atoms with E-state index in [4.69, 9.17) is 5.73 Å². The number of piperazine rings is 1. The molecular weight excluding hydrogens is 250 g/mol. The zero-order chi connectivity index (χ0) is 14.8. The van der Waals surface area contributed by atoms with Gasteiger partial charge in [0.25, 0.3) is 0 Å². The lowest BCUT2D eigenvalue weighted by molar-refractivity contribution is -0.132. The molecule has 0 aromatic carbocycles. The van der Waals surface area contributed by atoms with Crippen molar-refractivity contribution in [3.05, 3.63) is 0 Å². The number of amides is 1. The summed E-state index contributed by atoms with van der Waals surface area (Å²) in [5.74, 6) is 0.598. The highest BCUT2D eigenvalue weighted by atomic mass is 16.1. The molecule has 1 saturated carbocycles. The molecule has 1 amide bonds. The molecule has 0 spiro atoms. The minimum atomic E-state index is -0.387. The number of primary amides is 1. The van der Waals surface area contributed by atoms with Crippen molar-refractivity contribution in [1.82, 2.24) is 10.2 Å². The average molecular weight is 281 g/mol. The first kappa shape index (κ1) is 15.8. The lowest BCUT2D eigenvalue weighted by Crippen LogP contribution is -2.62. The van der Waals surface area contributed by atoms with Gasteiger partial charge in [0.05, 0.1) is 0 Å². The molecule has 4 nitrogen and oxygen atoms in total. The summed E-state index contributed by atoms with van der Waals surface area (Å²) in [4.78, 5) is 14.6. The summed E-state index contributed by atoms with van der Waals surface area (Å²) >= 11 is 0. The predicted molar refractivity (Wildman–Crippen MR) is 82.4 cm³/mol. The maximum atomic E-state index is 12.2. The summed E-state index contributed by atoms with van der Waals surface area (Å²) in [5.41, 5.74) is 5.80. The Balaban J connectivity index is 2.15. The molecule has 3 N–H and O–H groups in total. The number of rotatable bonds is 2. The van der Waals surface area contributed by atoms with Gasteiger partial charge < -0.3 is 11.1 Å². The van der Waals surface area contributed by atoms with E-state index in [-0.39, 0.29) is 11.4 Å². The normalized spacial score (nSPS) is 33.6. The Morgan fingerprint density at radius 3 is 2.40 bits per heavy atom. The quantitative estimate of drug-likeness (QED) is 0.758. The van der Waals surface area contributed by atoms with Crippen molar-refractivity contribution in [2.45, 2.75) is 58.4 Å². The Morgan fingerprint density at radius 2 is 1.85 bits per heavy atom. The molecule has 116 valence electrons. The fraction of sp³-hybridized carbons (Fsp3) is 0.938. The molecule has 1 heterocycles. The van der Waals surface area contributed by atoms with Crippen molar-refractivity contribution in [3.63, 3.8) is 0 Å². The molecule has 0 aromatic heterocycles.